The molecule has 3 unspecified atom stereocenters. The van der Waals surface area contributed by atoms with Gasteiger partial charge >= 0.3 is 0 Å². The van der Waals surface area contributed by atoms with E-state index in [9.17, 15) is 9.90 Å². The van der Waals surface area contributed by atoms with Crippen molar-refractivity contribution in [2.24, 2.45) is 0 Å². The van der Waals surface area contributed by atoms with Crippen molar-refractivity contribution in [3.05, 3.63) is 29.8 Å². The third kappa shape index (κ3) is 3.47. The summed E-state index contributed by atoms with van der Waals surface area (Å²) in [7, 11) is 0. The predicted octanol–water partition coefficient (Wildman–Crippen LogP) is 1.79. The van der Waals surface area contributed by atoms with Gasteiger partial charge in [0.05, 0.1) is 18.1 Å². The minimum Gasteiger partial charge on any atom is -0.399 e. The summed E-state index contributed by atoms with van der Waals surface area (Å²) in [4.78, 5) is 12.2. The van der Waals surface area contributed by atoms with Gasteiger partial charge in [0.1, 0.15) is 0 Å². The molecule has 1 aromatic rings. The zero-order chi connectivity index (χ0) is 13.8. The lowest BCUT2D eigenvalue weighted by Crippen LogP contribution is -2.46. The highest BCUT2D eigenvalue weighted by molar-refractivity contribution is 5.83. The van der Waals surface area contributed by atoms with Gasteiger partial charge in [-0.2, -0.15) is 0 Å². The Morgan fingerprint density at radius 3 is 2.84 bits per heavy atom. The monoisotopic (exact) mass is 262 g/mol. The molecule has 0 bridgehead atoms. The van der Waals surface area contributed by atoms with Crippen LogP contribution in [0.15, 0.2) is 24.3 Å². The topological polar surface area (TPSA) is 75.3 Å². The van der Waals surface area contributed by atoms with Crippen LogP contribution in [-0.2, 0) is 4.79 Å². The number of carbonyl (C=O) groups is 1. The molecular weight excluding hydrogens is 240 g/mol. The van der Waals surface area contributed by atoms with Gasteiger partial charge < -0.3 is 16.2 Å². The number of rotatable bonds is 3. The molecule has 0 aromatic heterocycles. The van der Waals surface area contributed by atoms with Gasteiger partial charge in [0.2, 0.25) is 5.91 Å². The highest BCUT2D eigenvalue weighted by Crippen LogP contribution is 2.21. The first-order chi connectivity index (χ1) is 9.08. The molecule has 19 heavy (non-hydrogen) atoms. The molecule has 104 valence electrons. The second-order valence-electron chi connectivity index (χ2n) is 5.36. The molecule has 1 aliphatic carbocycles. The Kier molecular flexibility index (Phi) is 4.43. The van der Waals surface area contributed by atoms with E-state index >= 15 is 0 Å². The molecular formula is C15H22N2O2. The number of aliphatic hydroxyl groups excluding tert-OH is 1. The molecule has 1 aromatic carbocycles. The fourth-order valence-corrected chi connectivity index (χ4v) is 2.57. The van der Waals surface area contributed by atoms with E-state index in [2.05, 4.69) is 5.32 Å². The average Bonchev–Trinajstić information content (AvgIpc) is 2.40. The number of aliphatic hydroxyl groups is 1. The lowest BCUT2D eigenvalue weighted by atomic mass is 9.91. The maximum Gasteiger partial charge on any atom is 0.227 e. The van der Waals surface area contributed by atoms with E-state index < -0.39 is 6.10 Å². The summed E-state index contributed by atoms with van der Waals surface area (Å²) in [5.41, 5.74) is 7.30. The lowest BCUT2D eigenvalue weighted by Gasteiger charge is -2.29. The van der Waals surface area contributed by atoms with Gasteiger partial charge in [-0.15, -0.1) is 0 Å². The number of carbonyl (C=O) groups excluding carboxylic acids is 1. The first-order valence-corrected chi connectivity index (χ1v) is 6.92. The van der Waals surface area contributed by atoms with Crippen LogP contribution in [0.2, 0.25) is 0 Å². The summed E-state index contributed by atoms with van der Waals surface area (Å²) in [6.07, 6.45) is 3.33. The van der Waals surface area contributed by atoms with Gasteiger partial charge in [-0.25, -0.2) is 0 Å². The van der Waals surface area contributed by atoms with E-state index in [1.54, 1.807) is 6.07 Å². The molecule has 4 nitrogen and oxygen atoms in total. The minimum absolute atomic E-state index is 0.0449. The van der Waals surface area contributed by atoms with E-state index in [0.29, 0.717) is 5.69 Å². The Balaban J connectivity index is 1.99. The Morgan fingerprint density at radius 1 is 1.42 bits per heavy atom. The van der Waals surface area contributed by atoms with Gasteiger partial charge in [0.25, 0.3) is 0 Å². The molecule has 2 rings (SSSR count). The van der Waals surface area contributed by atoms with Crippen LogP contribution < -0.4 is 11.1 Å². The third-order valence-electron chi connectivity index (χ3n) is 3.86. The van der Waals surface area contributed by atoms with Crippen LogP contribution in [-0.4, -0.2) is 23.2 Å². The van der Waals surface area contributed by atoms with Gasteiger partial charge in [-0.1, -0.05) is 25.0 Å². The SMILES string of the molecule is CC(C(=O)NC1CCCCC1O)c1cccc(N)c1. The molecule has 0 radical (unpaired) electrons. The summed E-state index contributed by atoms with van der Waals surface area (Å²) in [5, 5.41) is 12.8. The molecule has 4 heteroatoms. The first-order valence-electron chi connectivity index (χ1n) is 6.92. The zero-order valence-electron chi connectivity index (χ0n) is 11.3. The summed E-state index contributed by atoms with van der Waals surface area (Å²) in [5.74, 6) is -0.297. The van der Waals surface area contributed by atoms with E-state index in [1.807, 2.05) is 25.1 Å². The summed E-state index contributed by atoms with van der Waals surface area (Å²) in [6.45, 7) is 1.86. The molecule has 3 atom stereocenters. The highest BCUT2D eigenvalue weighted by atomic mass is 16.3. The Morgan fingerprint density at radius 2 is 2.16 bits per heavy atom. The van der Waals surface area contributed by atoms with Crippen molar-refractivity contribution in [3.63, 3.8) is 0 Å². The molecule has 1 fully saturated rings. The van der Waals surface area contributed by atoms with Crippen LogP contribution in [0.25, 0.3) is 0 Å². The summed E-state index contributed by atoms with van der Waals surface area (Å²) < 4.78 is 0. The van der Waals surface area contributed by atoms with Gasteiger partial charge in [0.15, 0.2) is 0 Å². The number of hydrogen-bond acceptors (Lipinski definition) is 3. The number of benzene rings is 1. The number of nitrogen functional groups attached to an aromatic ring is 1. The molecule has 0 saturated heterocycles. The molecule has 1 amide bonds. The highest BCUT2D eigenvalue weighted by Gasteiger charge is 2.26. The van der Waals surface area contributed by atoms with Crippen molar-refractivity contribution >= 4 is 11.6 Å². The van der Waals surface area contributed by atoms with Gasteiger partial charge in [0, 0.05) is 5.69 Å². The number of amides is 1. The average molecular weight is 262 g/mol. The van der Waals surface area contributed by atoms with Crippen molar-refractivity contribution in [1.82, 2.24) is 5.32 Å². The lowest BCUT2D eigenvalue weighted by molar-refractivity contribution is -0.124. The maximum atomic E-state index is 12.2. The summed E-state index contributed by atoms with van der Waals surface area (Å²) in [6, 6.07) is 7.27. The number of nitrogens with one attached hydrogen (secondary N) is 1. The predicted molar refractivity (Wildman–Crippen MR) is 75.7 cm³/mol. The molecule has 0 aliphatic heterocycles. The van der Waals surface area contributed by atoms with Gasteiger partial charge in [-0.3, -0.25) is 4.79 Å². The molecule has 0 heterocycles. The smallest absolute Gasteiger partial charge is 0.227 e. The summed E-state index contributed by atoms with van der Waals surface area (Å²) >= 11 is 0. The van der Waals surface area contributed by atoms with Crippen molar-refractivity contribution in [2.75, 3.05) is 5.73 Å². The van der Waals surface area contributed by atoms with Crippen LogP contribution in [0.3, 0.4) is 0 Å². The molecule has 1 saturated carbocycles. The minimum atomic E-state index is -0.411. The van der Waals surface area contributed by atoms with Gasteiger partial charge in [-0.05, 0) is 37.5 Å². The first kappa shape index (κ1) is 13.9. The van der Waals surface area contributed by atoms with Crippen LogP contribution in [0.5, 0.6) is 0 Å². The van der Waals surface area contributed by atoms with E-state index in [-0.39, 0.29) is 17.9 Å². The van der Waals surface area contributed by atoms with Crippen LogP contribution in [0.1, 0.15) is 44.1 Å². The number of hydrogen-bond donors (Lipinski definition) is 3. The fraction of sp³-hybridized carbons (Fsp3) is 0.533. The second-order valence-corrected chi connectivity index (χ2v) is 5.36. The van der Waals surface area contributed by atoms with E-state index in [0.717, 1.165) is 31.2 Å². The second kappa shape index (κ2) is 6.06. The third-order valence-corrected chi connectivity index (χ3v) is 3.86. The van der Waals surface area contributed by atoms with E-state index in [4.69, 9.17) is 5.73 Å². The normalized spacial score (nSPS) is 24.7. The maximum absolute atomic E-state index is 12.2. The molecule has 4 N–H and O–H groups in total. The standard InChI is InChI=1S/C15H22N2O2/c1-10(11-5-4-6-12(16)9-11)15(19)17-13-7-2-3-8-14(13)18/h4-6,9-10,13-14,18H,2-3,7-8,16H2,1H3,(H,17,19). The number of anilines is 1. The fourth-order valence-electron chi connectivity index (χ4n) is 2.57. The van der Waals surface area contributed by atoms with Crippen LogP contribution in [0, 0.1) is 0 Å². The quantitative estimate of drug-likeness (QED) is 0.727. The van der Waals surface area contributed by atoms with Crippen molar-refractivity contribution < 1.29 is 9.90 Å². The van der Waals surface area contributed by atoms with Crippen molar-refractivity contribution in [3.8, 4) is 0 Å². The van der Waals surface area contributed by atoms with Crippen molar-refractivity contribution in [1.29, 1.82) is 0 Å². The Labute approximate surface area is 114 Å². The largest absolute Gasteiger partial charge is 0.399 e. The Bertz CT molecular complexity index is 448. The van der Waals surface area contributed by atoms with Crippen LogP contribution >= 0.6 is 0 Å². The van der Waals surface area contributed by atoms with Crippen LogP contribution in [0.4, 0.5) is 5.69 Å². The zero-order valence-corrected chi connectivity index (χ0v) is 11.3. The van der Waals surface area contributed by atoms with E-state index in [1.165, 1.54) is 0 Å². The number of nitrogens with two attached hydrogens (primary N) is 1. The molecule has 0 spiro atoms. The molecule has 1 aliphatic rings. The Hall–Kier alpha value is -1.55. The van der Waals surface area contributed by atoms with Crippen molar-refractivity contribution in [2.45, 2.75) is 50.7 Å².